The largest absolute Gasteiger partial charge is 0.204 e. The van der Waals surface area contributed by atoms with Gasteiger partial charge in [-0.2, -0.15) is 0 Å². The van der Waals surface area contributed by atoms with Crippen molar-refractivity contribution in [3.8, 4) is 0 Å². The topological polar surface area (TPSA) is 7.76 Å². The molecule has 0 saturated heterocycles. The number of hydrogen-bond donors (Lipinski definition) is 0. The lowest BCUT2D eigenvalue weighted by atomic mass is 10.2. The summed E-state index contributed by atoms with van der Waals surface area (Å²) >= 11 is 2.02. The van der Waals surface area contributed by atoms with E-state index in [-0.39, 0.29) is 0 Å². The molecule has 0 N–H and O–H groups in total. The molecule has 0 saturated carbocycles. The monoisotopic (exact) mass is 302 g/mol. The highest BCUT2D eigenvalue weighted by atomic mass is 32.2. The molecule has 21 heavy (non-hydrogen) atoms. The molecule has 0 aliphatic rings. The van der Waals surface area contributed by atoms with Gasteiger partial charge in [0.05, 0.1) is 11.5 Å². The van der Waals surface area contributed by atoms with E-state index in [1.165, 1.54) is 22.6 Å². The number of hydrogen-bond acceptors (Lipinski definition) is 1. The minimum atomic E-state index is 1.09. The van der Waals surface area contributed by atoms with Gasteiger partial charge >= 0.3 is 0 Å². The summed E-state index contributed by atoms with van der Waals surface area (Å²) in [7, 11) is 0. The van der Waals surface area contributed by atoms with E-state index in [1.54, 1.807) is 0 Å². The van der Waals surface area contributed by atoms with Crippen molar-refractivity contribution in [3.05, 3.63) is 60.2 Å². The van der Waals surface area contributed by atoms with Crippen LogP contribution in [0.2, 0.25) is 0 Å². The normalized spacial score (nSPS) is 10.8. The first-order valence-electron chi connectivity index (χ1n) is 7.85. The second kappa shape index (κ2) is 8.83. The molecule has 0 aliphatic heterocycles. The van der Waals surface area contributed by atoms with Gasteiger partial charge < -0.3 is 0 Å². The van der Waals surface area contributed by atoms with Crippen molar-refractivity contribution in [2.45, 2.75) is 39.8 Å². The van der Waals surface area contributed by atoms with E-state index in [4.69, 9.17) is 0 Å². The third-order valence-electron chi connectivity index (χ3n) is 3.72. The Morgan fingerprint density at radius 3 is 1.43 bits per heavy atom. The molecular weight excluding hydrogens is 276 g/mol. The predicted molar refractivity (Wildman–Crippen MR) is 89.4 cm³/mol. The number of rotatable bonds is 8. The Kier molecular flexibility index (Phi) is 6.74. The molecule has 2 nitrogen and oxygen atoms in total. The highest BCUT2D eigenvalue weighted by Crippen LogP contribution is 2.00. The van der Waals surface area contributed by atoms with E-state index in [0.717, 1.165) is 25.9 Å². The van der Waals surface area contributed by atoms with Crippen LogP contribution in [0.4, 0.5) is 0 Å². The van der Waals surface area contributed by atoms with Gasteiger partial charge in [-0.25, -0.2) is 9.13 Å². The van der Waals surface area contributed by atoms with Gasteiger partial charge in [-0.1, -0.05) is 13.8 Å². The Balaban J connectivity index is 1.64. The lowest BCUT2D eigenvalue weighted by Crippen LogP contribution is -2.35. The zero-order valence-electron chi connectivity index (χ0n) is 13.2. The molecule has 0 bridgehead atoms. The molecule has 0 unspecified atom stereocenters. The van der Waals surface area contributed by atoms with Gasteiger partial charge in [-0.15, -0.1) is 11.8 Å². The summed E-state index contributed by atoms with van der Waals surface area (Å²) in [5.74, 6) is 2.34. The first kappa shape index (κ1) is 16.0. The van der Waals surface area contributed by atoms with Crippen LogP contribution in [0.15, 0.2) is 49.1 Å². The van der Waals surface area contributed by atoms with Gasteiger partial charge in [-0.05, 0) is 24.0 Å². The van der Waals surface area contributed by atoms with Crippen LogP contribution in [0.1, 0.15) is 25.0 Å². The molecule has 112 valence electrons. The van der Waals surface area contributed by atoms with Crippen LogP contribution in [0.5, 0.6) is 0 Å². The van der Waals surface area contributed by atoms with Gasteiger partial charge in [0, 0.05) is 24.3 Å². The summed E-state index contributed by atoms with van der Waals surface area (Å²) in [6.07, 6.45) is 11.0. The van der Waals surface area contributed by atoms with Gasteiger partial charge in [0.2, 0.25) is 0 Å². The van der Waals surface area contributed by atoms with Crippen LogP contribution in [0.3, 0.4) is 0 Å². The van der Waals surface area contributed by atoms with Crippen LogP contribution in [-0.2, 0) is 25.9 Å². The molecule has 0 atom stereocenters. The van der Waals surface area contributed by atoms with Crippen molar-refractivity contribution in [1.29, 1.82) is 0 Å². The second-order valence-electron chi connectivity index (χ2n) is 5.21. The summed E-state index contributed by atoms with van der Waals surface area (Å²) in [5.41, 5.74) is 2.82. The Morgan fingerprint density at radius 2 is 1.10 bits per heavy atom. The SMILES string of the molecule is CCc1cc[n+](CCSCC[n+]2ccc(CC)cc2)cc1. The Hall–Kier alpha value is -1.35. The molecule has 2 rings (SSSR count). The molecule has 0 fully saturated rings. The van der Waals surface area contributed by atoms with Crippen LogP contribution in [0.25, 0.3) is 0 Å². The first-order chi connectivity index (χ1) is 10.3. The quantitative estimate of drug-likeness (QED) is 0.537. The first-order valence-corrected chi connectivity index (χ1v) is 9.01. The highest BCUT2D eigenvalue weighted by Gasteiger charge is 2.03. The maximum atomic E-state index is 2.27. The summed E-state index contributed by atoms with van der Waals surface area (Å²) in [6.45, 7) is 6.57. The fraction of sp³-hybridized carbons (Fsp3) is 0.444. The minimum absolute atomic E-state index is 1.09. The molecule has 0 radical (unpaired) electrons. The number of thioether (sulfide) groups is 1. The van der Waals surface area contributed by atoms with Crippen molar-refractivity contribution in [2.75, 3.05) is 11.5 Å². The molecular formula is C18H26N2S+2. The number of aryl methyl sites for hydroxylation is 4. The van der Waals surface area contributed by atoms with E-state index in [9.17, 15) is 0 Å². The lowest BCUT2D eigenvalue weighted by Gasteiger charge is -2.00. The number of nitrogens with zero attached hydrogens (tertiary/aromatic N) is 2. The van der Waals surface area contributed by atoms with E-state index in [1.807, 2.05) is 11.8 Å². The number of aromatic nitrogens is 2. The van der Waals surface area contributed by atoms with Crippen LogP contribution in [-0.4, -0.2) is 11.5 Å². The van der Waals surface area contributed by atoms with Crippen LogP contribution >= 0.6 is 11.8 Å². The Morgan fingerprint density at radius 1 is 0.714 bits per heavy atom. The van der Waals surface area contributed by atoms with Crippen LogP contribution < -0.4 is 9.13 Å². The highest BCUT2D eigenvalue weighted by molar-refractivity contribution is 7.99. The summed E-state index contributed by atoms with van der Waals surface area (Å²) in [5, 5.41) is 0. The predicted octanol–water partition coefficient (Wildman–Crippen LogP) is 2.82. The van der Waals surface area contributed by atoms with Gasteiger partial charge in [-0.3, -0.25) is 0 Å². The Bertz CT molecular complexity index is 470. The van der Waals surface area contributed by atoms with Gasteiger partial charge in [0.25, 0.3) is 0 Å². The molecule has 0 aliphatic carbocycles. The molecule has 2 heterocycles. The van der Waals surface area contributed by atoms with E-state index >= 15 is 0 Å². The maximum absolute atomic E-state index is 2.27. The zero-order chi connectivity index (χ0) is 14.9. The van der Waals surface area contributed by atoms with E-state index in [2.05, 4.69) is 72.0 Å². The van der Waals surface area contributed by atoms with Gasteiger partial charge in [0.15, 0.2) is 37.9 Å². The molecule has 2 aromatic heterocycles. The van der Waals surface area contributed by atoms with E-state index < -0.39 is 0 Å². The number of pyridine rings is 2. The average molecular weight is 302 g/mol. The minimum Gasteiger partial charge on any atom is -0.204 e. The molecule has 0 aromatic carbocycles. The molecule has 3 heteroatoms. The smallest absolute Gasteiger partial charge is 0.169 e. The maximum Gasteiger partial charge on any atom is 0.169 e. The average Bonchev–Trinajstić information content (AvgIpc) is 2.55. The van der Waals surface area contributed by atoms with Gasteiger partial charge in [0.1, 0.15) is 0 Å². The van der Waals surface area contributed by atoms with Crippen molar-refractivity contribution < 1.29 is 9.13 Å². The summed E-state index contributed by atoms with van der Waals surface area (Å²) < 4.78 is 4.55. The third kappa shape index (κ3) is 5.50. The van der Waals surface area contributed by atoms with Crippen molar-refractivity contribution in [2.24, 2.45) is 0 Å². The standard InChI is InChI=1S/C18H26N2S/c1-3-17-5-9-19(10-6-17)13-15-21-16-14-20-11-7-18(4-2)8-12-20/h5-12H,3-4,13-16H2,1-2H3/q+2. The fourth-order valence-corrected chi connectivity index (χ4v) is 3.07. The molecule has 0 spiro atoms. The van der Waals surface area contributed by atoms with Crippen LogP contribution in [0, 0.1) is 0 Å². The fourth-order valence-electron chi connectivity index (χ4n) is 2.19. The Labute approximate surface area is 132 Å². The third-order valence-corrected chi connectivity index (χ3v) is 4.67. The summed E-state index contributed by atoms with van der Waals surface area (Å²) in [6, 6.07) is 8.87. The van der Waals surface area contributed by atoms with E-state index in [0.29, 0.717) is 0 Å². The van der Waals surface area contributed by atoms with Crippen molar-refractivity contribution >= 4 is 11.8 Å². The zero-order valence-corrected chi connectivity index (χ0v) is 14.0. The second-order valence-corrected chi connectivity index (χ2v) is 6.43. The van der Waals surface area contributed by atoms with Crippen molar-refractivity contribution in [3.63, 3.8) is 0 Å². The molecule has 2 aromatic rings. The van der Waals surface area contributed by atoms with Crippen molar-refractivity contribution in [1.82, 2.24) is 0 Å². The molecule has 0 amide bonds. The summed E-state index contributed by atoms with van der Waals surface area (Å²) in [4.78, 5) is 0. The lowest BCUT2D eigenvalue weighted by molar-refractivity contribution is -0.693.